The monoisotopic (exact) mass is 436 g/mol. The van der Waals surface area contributed by atoms with E-state index in [4.69, 9.17) is 9.62 Å². The van der Waals surface area contributed by atoms with Gasteiger partial charge >= 0.3 is 0 Å². The highest BCUT2D eigenvalue weighted by atomic mass is 16.5. The smallest absolute Gasteiger partial charge is 0.268 e. The summed E-state index contributed by atoms with van der Waals surface area (Å²) in [6.07, 6.45) is 4.09. The van der Waals surface area contributed by atoms with Gasteiger partial charge in [-0.1, -0.05) is 53.2 Å². The van der Waals surface area contributed by atoms with Crippen molar-refractivity contribution in [3.63, 3.8) is 0 Å². The van der Waals surface area contributed by atoms with Crippen LogP contribution in [0.15, 0.2) is 59.1 Å². The summed E-state index contributed by atoms with van der Waals surface area (Å²) in [5.41, 5.74) is 5.04. The maximum Gasteiger partial charge on any atom is 0.268 e. The van der Waals surface area contributed by atoms with E-state index in [0.29, 0.717) is 11.4 Å². The van der Waals surface area contributed by atoms with Crippen LogP contribution in [0.1, 0.15) is 35.6 Å². The van der Waals surface area contributed by atoms with Crippen molar-refractivity contribution in [2.75, 3.05) is 18.0 Å². The summed E-state index contributed by atoms with van der Waals surface area (Å²) in [7, 11) is 0. The minimum absolute atomic E-state index is 0.201. The van der Waals surface area contributed by atoms with Crippen LogP contribution in [-0.2, 0) is 0 Å². The molecule has 1 aliphatic heterocycles. The van der Waals surface area contributed by atoms with E-state index >= 15 is 0 Å². The van der Waals surface area contributed by atoms with Crippen molar-refractivity contribution in [1.82, 2.24) is 19.9 Å². The molecule has 164 valence electrons. The third-order valence-electron chi connectivity index (χ3n) is 5.86. The van der Waals surface area contributed by atoms with Gasteiger partial charge < -0.3 is 9.42 Å². The van der Waals surface area contributed by atoms with Gasteiger partial charge in [-0.05, 0) is 44.9 Å². The molecule has 0 atom stereocenters. The summed E-state index contributed by atoms with van der Waals surface area (Å²) in [5, 5.41) is 18.9. The molecule has 2 aromatic heterocycles. The number of benzene rings is 2. The van der Waals surface area contributed by atoms with Crippen LogP contribution in [0, 0.1) is 25.2 Å². The summed E-state index contributed by atoms with van der Waals surface area (Å²) in [6.45, 7) is 5.90. The van der Waals surface area contributed by atoms with Crippen molar-refractivity contribution < 1.29 is 4.52 Å². The Morgan fingerprint density at radius 2 is 1.76 bits per heavy atom. The molecule has 2 aromatic carbocycles. The average molecular weight is 437 g/mol. The molecular formula is C26H24N6O. The Bertz CT molecular complexity index is 1340. The molecule has 33 heavy (non-hydrogen) atoms. The minimum Gasteiger partial charge on any atom is -0.356 e. The molecule has 5 rings (SSSR count). The number of hydrogen-bond acceptors (Lipinski definition) is 6. The fourth-order valence-corrected chi connectivity index (χ4v) is 4.12. The highest BCUT2D eigenvalue weighted by molar-refractivity contribution is 5.90. The van der Waals surface area contributed by atoms with Gasteiger partial charge in [-0.3, -0.25) is 0 Å². The number of para-hydroxylation sites is 1. The van der Waals surface area contributed by atoms with E-state index in [-0.39, 0.29) is 5.89 Å². The van der Waals surface area contributed by atoms with Gasteiger partial charge in [0.1, 0.15) is 17.5 Å². The van der Waals surface area contributed by atoms with Crippen molar-refractivity contribution in [3.8, 4) is 23.1 Å². The van der Waals surface area contributed by atoms with Gasteiger partial charge in [0.2, 0.25) is 5.82 Å². The van der Waals surface area contributed by atoms with Crippen LogP contribution in [-0.4, -0.2) is 33.0 Å². The van der Waals surface area contributed by atoms with E-state index < -0.39 is 0 Å². The van der Waals surface area contributed by atoms with Gasteiger partial charge in [0, 0.05) is 24.2 Å². The molecule has 1 aliphatic rings. The number of nitriles is 1. The first-order valence-electron chi connectivity index (χ1n) is 11.1. The van der Waals surface area contributed by atoms with Gasteiger partial charge in [0.25, 0.3) is 5.89 Å². The Labute approximate surface area is 192 Å². The molecule has 0 amide bonds. The number of allylic oxidation sites excluding steroid dienone is 1. The Kier molecular flexibility index (Phi) is 5.49. The van der Waals surface area contributed by atoms with Gasteiger partial charge in [0.05, 0.1) is 11.4 Å². The Morgan fingerprint density at radius 3 is 2.45 bits per heavy atom. The molecule has 1 fully saturated rings. The van der Waals surface area contributed by atoms with Gasteiger partial charge in [-0.15, -0.1) is 0 Å². The maximum absolute atomic E-state index is 9.94. The van der Waals surface area contributed by atoms with E-state index in [1.807, 2.05) is 79.2 Å². The maximum atomic E-state index is 9.94. The summed E-state index contributed by atoms with van der Waals surface area (Å²) >= 11 is 0. The standard InChI is InChI=1S/C26H24N6O/c1-18-10-12-20(13-11-18)24-28-25(33-30-24)21(17-27)16-23-19(2)29-32(22-8-4-3-5-9-22)26(23)31-14-6-7-15-31/h3-5,8-13,16H,6-7,14-15H2,1-2H3/b21-16+. The third kappa shape index (κ3) is 4.03. The first-order chi connectivity index (χ1) is 16.1. The highest BCUT2D eigenvalue weighted by Crippen LogP contribution is 2.33. The van der Waals surface area contributed by atoms with E-state index in [9.17, 15) is 5.26 Å². The largest absolute Gasteiger partial charge is 0.356 e. The highest BCUT2D eigenvalue weighted by Gasteiger charge is 2.24. The number of hydrogen-bond donors (Lipinski definition) is 0. The minimum atomic E-state index is 0.201. The molecular weight excluding hydrogens is 412 g/mol. The van der Waals surface area contributed by atoms with Crippen molar-refractivity contribution in [2.45, 2.75) is 26.7 Å². The zero-order chi connectivity index (χ0) is 22.8. The zero-order valence-electron chi connectivity index (χ0n) is 18.7. The molecule has 0 spiro atoms. The topological polar surface area (TPSA) is 83.8 Å². The lowest BCUT2D eigenvalue weighted by Gasteiger charge is -2.20. The molecule has 7 heteroatoms. The normalized spacial score (nSPS) is 14.0. The van der Waals surface area contributed by atoms with Crippen LogP contribution >= 0.6 is 0 Å². The third-order valence-corrected chi connectivity index (χ3v) is 5.86. The Hall–Kier alpha value is -4.18. The second-order valence-electron chi connectivity index (χ2n) is 8.22. The lowest BCUT2D eigenvalue weighted by atomic mass is 10.1. The van der Waals surface area contributed by atoms with Gasteiger partial charge in [0.15, 0.2) is 0 Å². The van der Waals surface area contributed by atoms with Crippen LogP contribution < -0.4 is 4.90 Å². The summed E-state index contributed by atoms with van der Waals surface area (Å²) in [4.78, 5) is 6.82. The molecule has 1 saturated heterocycles. The molecule has 7 nitrogen and oxygen atoms in total. The molecule has 0 aliphatic carbocycles. The van der Waals surface area contributed by atoms with E-state index in [1.165, 1.54) is 0 Å². The van der Waals surface area contributed by atoms with Crippen molar-refractivity contribution >= 4 is 17.5 Å². The van der Waals surface area contributed by atoms with Crippen molar-refractivity contribution in [1.29, 1.82) is 5.26 Å². The quantitative estimate of drug-likeness (QED) is 0.400. The van der Waals surface area contributed by atoms with E-state index in [2.05, 4.69) is 21.1 Å². The first kappa shape index (κ1) is 20.7. The van der Waals surface area contributed by atoms with E-state index in [1.54, 1.807) is 0 Å². The van der Waals surface area contributed by atoms with Crippen LogP contribution in [0.25, 0.3) is 28.7 Å². The first-order valence-corrected chi connectivity index (χ1v) is 11.1. The fourth-order valence-electron chi connectivity index (χ4n) is 4.12. The molecule has 4 aromatic rings. The molecule has 0 unspecified atom stereocenters. The van der Waals surface area contributed by atoms with Gasteiger partial charge in [-0.25, -0.2) is 4.68 Å². The van der Waals surface area contributed by atoms with E-state index in [0.717, 1.165) is 59.8 Å². The molecule has 3 heterocycles. The summed E-state index contributed by atoms with van der Waals surface area (Å²) in [5.74, 6) is 1.65. The van der Waals surface area contributed by atoms with Crippen molar-refractivity contribution in [3.05, 3.63) is 77.3 Å². The number of anilines is 1. The average Bonchev–Trinajstić information content (AvgIpc) is 3.59. The van der Waals surface area contributed by atoms with Gasteiger partial charge in [-0.2, -0.15) is 15.3 Å². The number of nitrogens with zero attached hydrogens (tertiary/aromatic N) is 6. The fraction of sp³-hybridized carbons (Fsp3) is 0.231. The molecule has 0 saturated carbocycles. The van der Waals surface area contributed by atoms with Crippen LogP contribution in [0.2, 0.25) is 0 Å². The van der Waals surface area contributed by atoms with Crippen LogP contribution in [0.5, 0.6) is 0 Å². The van der Waals surface area contributed by atoms with Crippen LogP contribution in [0.3, 0.4) is 0 Å². The number of aromatic nitrogens is 4. The SMILES string of the molecule is Cc1ccc(-c2noc(/C(C#N)=C/c3c(C)nn(-c4ccccc4)c3N3CCCC3)n2)cc1. The Morgan fingerprint density at radius 1 is 1.03 bits per heavy atom. The lowest BCUT2D eigenvalue weighted by Crippen LogP contribution is -2.22. The van der Waals surface area contributed by atoms with Crippen molar-refractivity contribution in [2.24, 2.45) is 0 Å². The predicted molar refractivity (Wildman–Crippen MR) is 128 cm³/mol. The molecule has 0 radical (unpaired) electrons. The number of rotatable bonds is 5. The Balaban J connectivity index is 1.58. The van der Waals surface area contributed by atoms with Crippen LogP contribution in [0.4, 0.5) is 5.82 Å². The summed E-state index contributed by atoms with van der Waals surface area (Å²) in [6, 6.07) is 20.2. The predicted octanol–water partition coefficient (Wildman–Crippen LogP) is 5.20. The lowest BCUT2D eigenvalue weighted by molar-refractivity contribution is 0.409. The summed E-state index contributed by atoms with van der Waals surface area (Å²) < 4.78 is 7.44. The molecule has 0 bridgehead atoms. The number of aryl methyl sites for hydroxylation is 2. The second kappa shape index (κ2) is 8.75. The second-order valence-corrected chi connectivity index (χ2v) is 8.22. The molecule has 0 N–H and O–H groups in total. The zero-order valence-corrected chi connectivity index (χ0v) is 18.7.